The van der Waals surface area contributed by atoms with Crippen molar-refractivity contribution < 1.29 is 36.9 Å². The van der Waals surface area contributed by atoms with Crippen LogP contribution in [0, 0.1) is 6.92 Å². The number of unbranched alkanes of at least 4 members (excludes halogenated alkanes) is 1. The van der Waals surface area contributed by atoms with Crippen molar-refractivity contribution in [2.24, 2.45) is 0 Å². The second kappa shape index (κ2) is 9.87. The van der Waals surface area contributed by atoms with Gasteiger partial charge in [0, 0.05) is 11.1 Å². The van der Waals surface area contributed by atoms with Crippen molar-refractivity contribution in [1.82, 2.24) is 0 Å². The van der Waals surface area contributed by atoms with E-state index in [0.717, 1.165) is 18.6 Å². The molecule has 1 radical (unpaired) electrons. The average Bonchev–Trinajstić information content (AvgIpc) is 2.29. The minimum Gasteiger partial charge on any atom is -0.545 e. The maximum atomic E-state index is 10.3. The predicted molar refractivity (Wildman–Crippen MR) is 55.4 cm³/mol. The molecule has 0 spiro atoms. The number of carboxylic acid groups (broad SMARTS) is 2. The molecule has 1 aromatic rings. The Morgan fingerprint density at radius 1 is 1.12 bits per heavy atom. The fourth-order valence-electron chi connectivity index (χ4n) is 0.839. The van der Waals surface area contributed by atoms with Gasteiger partial charge in [0.25, 0.3) is 0 Å². The van der Waals surface area contributed by atoms with E-state index in [9.17, 15) is 19.8 Å². The van der Waals surface area contributed by atoms with E-state index >= 15 is 0 Å². The quantitative estimate of drug-likeness (QED) is 0.579. The fourth-order valence-corrected chi connectivity index (χ4v) is 0.839. The Hall–Kier alpha value is -1.32. The number of hydrogen-bond donors (Lipinski definition) is 0. The van der Waals surface area contributed by atoms with E-state index in [4.69, 9.17) is 0 Å². The van der Waals surface area contributed by atoms with Crippen molar-refractivity contribution in [2.45, 2.75) is 19.8 Å². The third-order valence-electron chi connectivity index (χ3n) is 1.72. The SMILES string of the molecule is O=C([O-])c1ccccc1C(=O)[O-].[CH2-]CCC.[Cu+2]. The van der Waals surface area contributed by atoms with Crippen molar-refractivity contribution in [2.75, 3.05) is 0 Å². The van der Waals surface area contributed by atoms with E-state index in [1.165, 1.54) is 18.6 Å². The number of hydrogen-bond acceptors (Lipinski definition) is 4. The normalized spacial score (nSPS) is 8.35. The molecule has 1 rings (SSSR count). The molecule has 0 aliphatic rings. The molecule has 0 saturated heterocycles. The first-order chi connectivity index (χ1) is 7.54. The van der Waals surface area contributed by atoms with Crippen molar-refractivity contribution in [3.05, 3.63) is 42.3 Å². The van der Waals surface area contributed by atoms with E-state index in [2.05, 4.69) is 13.8 Å². The molecule has 0 amide bonds. The van der Waals surface area contributed by atoms with Crippen LogP contribution in [0.3, 0.4) is 0 Å². The molecule has 0 aliphatic heterocycles. The molecule has 97 valence electrons. The summed E-state index contributed by atoms with van der Waals surface area (Å²) in [4.78, 5) is 20.6. The van der Waals surface area contributed by atoms with Crippen LogP contribution in [-0.2, 0) is 17.1 Å². The molecule has 0 N–H and O–H groups in total. The zero-order valence-corrected chi connectivity index (χ0v) is 10.3. The van der Waals surface area contributed by atoms with Gasteiger partial charge in [0.05, 0.1) is 11.9 Å². The van der Waals surface area contributed by atoms with Crippen LogP contribution in [0.25, 0.3) is 0 Å². The van der Waals surface area contributed by atoms with Gasteiger partial charge in [-0.05, 0) is 0 Å². The van der Waals surface area contributed by atoms with E-state index in [-0.39, 0.29) is 28.2 Å². The van der Waals surface area contributed by atoms with Gasteiger partial charge in [-0.1, -0.05) is 37.6 Å². The Balaban J connectivity index is 0. The first kappa shape index (κ1) is 18.1. The smallest absolute Gasteiger partial charge is 0.545 e. The van der Waals surface area contributed by atoms with Crippen LogP contribution in [0.2, 0.25) is 0 Å². The standard InChI is InChI=1S/C8H6O4.C4H9.Cu/c9-7(10)5-3-1-2-4-6(5)8(11)12;1-3-4-2;/h1-4H,(H,9,10)(H,11,12);1,3-4H2,2H3;/q;-1;+2/p-2. The summed E-state index contributed by atoms with van der Waals surface area (Å²) in [6.07, 6.45) is 2.28. The Morgan fingerprint density at radius 3 is 1.59 bits per heavy atom. The van der Waals surface area contributed by atoms with Crippen molar-refractivity contribution in [3.8, 4) is 0 Å². The first-order valence-electron chi connectivity index (χ1n) is 4.85. The van der Waals surface area contributed by atoms with E-state index in [1.807, 2.05) is 0 Å². The summed E-state index contributed by atoms with van der Waals surface area (Å²) in [5.74, 6) is -3.04. The van der Waals surface area contributed by atoms with Gasteiger partial charge < -0.3 is 26.7 Å². The molecule has 5 heteroatoms. The topological polar surface area (TPSA) is 80.3 Å². The molecule has 0 atom stereocenters. The number of carbonyl (C=O) groups excluding carboxylic acids is 2. The molecule has 1 aromatic carbocycles. The van der Waals surface area contributed by atoms with Gasteiger partial charge in [-0.3, -0.25) is 0 Å². The first-order valence-corrected chi connectivity index (χ1v) is 4.85. The summed E-state index contributed by atoms with van der Waals surface area (Å²) in [6.45, 7) is 5.72. The van der Waals surface area contributed by atoms with Gasteiger partial charge in [-0.25, -0.2) is 0 Å². The number of carbonyl (C=O) groups is 2. The summed E-state index contributed by atoms with van der Waals surface area (Å²) >= 11 is 0. The third kappa shape index (κ3) is 6.76. The molecule has 0 saturated carbocycles. The van der Waals surface area contributed by atoms with Crippen LogP contribution in [0.1, 0.15) is 40.5 Å². The zero-order valence-electron chi connectivity index (χ0n) is 9.37. The average molecular weight is 285 g/mol. The Kier molecular flexibility index (Phi) is 10.5. The van der Waals surface area contributed by atoms with Gasteiger partial charge >= 0.3 is 17.1 Å². The largest absolute Gasteiger partial charge is 2.00 e. The van der Waals surface area contributed by atoms with Crippen molar-refractivity contribution in [3.63, 3.8) is 0 Å². The monoisotopic (exact) mass is 284 g/mol. The van der Waals surface area contributed by atoms with E-state index in [0.29, 0.717) is 0 Å². The summed E-state index contributed by atoms with van der Waals surface area (Å²) < 4.78 is 0. The van der Waals surface area contributed by atoms with Crippen LogP contribution in [0.15, 0.2) is 24.3 Å². The zero-order chi connectivity index (χ0) is 12.6. The maximum absolute atomic E-state index is 10.3. The molecule has 4 nitrogen and oxygen atoms in total. The molecule has 0 heterocycles. The van der Waals surface area contributed by atoms with Crippen LogP contribution in [0.4, 0.5) is 0 Å². The second-order valence-electron chi connectivity index (χ2n) is 2.97. The summed E-state index contributed by atoms with van der Waals surface area (Å²) in [5.41, 5.74) is -0.727. The molecular formula is C12H13CuO4-. The number of carboxylic acids is 2. The van der Waals surface area contributed by atoms with Gasteiger partial charge in [0.15, 0.2) is 0 Å². The van der Waals surface area contributed by atoms with E-state index in [1.54, 1.807) is 0 Å². The third-order valence-corrected chi connectivity index (χ3v) is 1.72. The van der Waals surface area contributed by atoms with Gasteiger partial charge in [0.1, 0.15) is 0 Å². The van der Waals surface area contributed by atoms with Gasteiger partial charge in [-0.15, -0.1) is 0 Å². The summed E-state index contributed by atoms with van der Waals surface area (Å²) in [7, 11) is 0. The number of rotatable bonds is 3. The fraction of sp³-hybridized carbons (Fsp3) is 0.250. The van der Waals surface area contributed by atoms with Crippen molar-refractivity contribution in [1.29, 1.82) is 0 Å². The minimum absolute atomic E-state index is 0. The molecule has 0 aliphatic carbocycles. The molecule has 0 bridgehead atoms. The molecule has 0 aromatic heterocycles. The number of benzene rings is 1. The summed E-state index contributed by atoms with van der Waals surface area (Å²) in [6, 6.07) is 5.14. The molecule has 0 unspecified atom stereocenters. The second-order valence-corrected chi connectivity index (χ2v) is 2.97. The van der Waals surface area contributed by atoms with Crippen molar-refractivity contribution >= 4 is 11.9 Å². The Bertz CT molecular complexity index is 328. The minimum atomic E-state index is -1.52. The van der Waals surface area contributed by atoms with Crippen LogP contribution >= 0.6 is 0 Å². The van der Waals surface area contributed by atoms with Gasteiger partial charge in [-0.2, -0.15) is 6.42 Å². The van der Waals surface area contributed by atoms with E-state index < -0.39 is 11.9 Å². The molecular weight excluding hydrogens is 272 g/mol. The van der Waals surface area contributed by atoms with Crippen LogP contribution in [0.5, 0.6) is 0 Å². The summed E-state index contributed by atoms with van der Waals surface area (Å²) in [5, 5.41) is 20.6. The Labute approximate surface area is 111 Å². The predicted octanol–water partition coefficient (Wildman–Crippen LogP) is 0.0317. The molecule has 17 heavy (non-hydrogen) atoms. The van der Waals surface area contributed by atoms with Gasteiger partial charge in [0.2, 0.25) is 0 Å². The molecule has 0 fully saturated rings. The van der Waals surface area contributed by atoms with Crippen LogP contribution < -0.4 is 10.2 Å². The number of aromatic carboxylic acids is 2. The maximum Gasteiger partial charge on any atom is 2.00 e. The van der Waals surface area contributed by atoms with Crippen LogP contribution in [-0.4, -0.2) is 11.9 Å². The Morgan fingerprint density at radius 2 is 1.41 bits per heavy atom.